The molecule has 38 heavy (non-hydrogen) atoms. The summed E-state index contributed by atoms with van der Waals surface area (Å²) in [5.41, 5.74) is 10.6. The van der Waals surface area contributed by atoms with Gasteiger partial charge >= 0.3 is 0 Å². The Labute approximate surface area is 223 Å². The quantitative estimate of drug-likeness (QED) is 0.251. The third kappa shape index (κ3) is 3.57. The number of rotatable bonds is 4. The van der Waals surface area contributed by atoms with Crippen LogP contribution in [0.2, 0.25) is 0 Å². The van der Waals surface area contributed by atoms with E-state index < -0.39 is 5.41 Å². The van der Waals surface area contributed by atoms with Gasteiger partial charge < -0.3 is 0 Å². The molecule has 0 spiro atoms. The van der Waals surface area contributed by atoms with Crippen molar-refractivity contribution in [2.75, 3.05) is 0 Å². The summed E-state index contributed by atoms with van der Waals surface area (Å²) in [7, 11) is 0. The molecule has 4 aromatic carbocycles. The van der Waals surface area contributed by atoms with E-state index in [1.807, 2.05) is 12.1 Å². The van der Waals surface area contributed by atoms with Gasteiger partial charge in [-0.2, -0.15) is 0 Å². The normalized spacial score (nSPS) is 13.4. The zero-order valence-electron chi connectivity index (χ0n) is 21.0. The smallest absolute Gasteiger partial charge is 0.105 e. The molecule has 0 bridgehead atoms. The highest BCUT2D eigenvalue weighted by Gasteiger charge is 2.46. The second-order valence-electron chi connectivity index (χ2n) is 9.79. The molecular formula is C36H26N2. The lowest BCUT2D eigenvalue weighted by Crippen LogP contribution is -2.37. The first kappa shape index (κ1) is 22.4. The van der Waals surface area contributed by atoms with Crippen LogP contribution in [0, 0.1) is 0 Å². The van der Waals surface area contributed by atoms with Crippen molar-refractivity contribution >= 4 is 0 Å². The Morgan fingerprint density at radius 3 is 1.29 bits per heavy atom. The fourth-order valence-electron chi connectivity index (χ4n) is 5.94. The van der Waals surface area contributed by atoms with Gasteiger partial charge in [0.1, 0.15) is 5.41 Å². The number of hydrogen-bond donors (Lipinski definition) is 0. The zero-order valence-corrected chi connectivity index (χ0v) is 21.0. The van der Waals surface area contributed by atoms with Crippen LogP contribution in [-0.4, -0.2) is 9.97 Å². The summed E-state index contributed by atoms with van der Waals surface area (Å²) in [4.78, 5) is 10.8. The first-order valence-electron chi connectivity index (χ1n) is 13.1. The van der Waals surface area contributed by atoms with E-state index in [-0.39, 0.29) is 0 Å². The molecule has 0 fully saturated rings. The molecule has 0 aliphatic heterocycles. The number of fused-ring (bicyclic) bond motifs is 2. The molecule has 0 saturated carbocycles. The van der Waals surface area contributed by atoms with Crippen LogP contribution in [-0.2, 0) is 11.8 Å². The molecule has 0 saturated heterocycles. The van der Waals surface area contributed by atoms with Crippen molar-refractivity contribution in [3.8, 4) is 22.5 Å². The highest BCUT2D eigenvalue weighted by atomic mass is 14.8. The molecule has 2 aromatic heterocycles. The number of hydrogen-bond acceptors (Lipinski definition) is 2. The van der Waals surface area contributed by atoms with Crippen LogP contribution in [0.25, 0.3) is 22.5 Å². The molecule has 0 amide bonds. The van der Waals surface area contributed by atoms with E-state index in [4.69, 9.17) is 9.97 Å². The van der Waals surface area contributed by atoms with Crippen LogP contribution >= 0.6 is 0 Å². The van der Waals surface area contributed by atoms with Crippen LogP contribution in [0.15, 0.2) is 146 Å². The largest absolute Gasteiger partial charge is 0.251 e. The molecule has 0 N–H and O–H groups in total. The lowest BCUT2D eigenvalue weighted by molar-refractivity contribution is 0.657. The minimum atomic E-state index is -0.652. The maximum Gasteiger partial charge on any atom is 0.105 e. The molecule has 0 atom stereocenters. The summed E-state index contributed by atoms with van der Waals surface area (Å²) in [5.74, 6) is 0. The van der Waals surface area contributed by atoms with Crippen LogP contribution in [0.3, 0.4) is 0 Å². The third-order valence-corrected chi connectivity index (χ3v) is 7.63. The van der Waals surface area contributed by atoms with Gasteiger partial charge in [0.2, 0.25) is 0 Å². The van der Waals surface area contributed by atoms with E-state index in [2.05, 4.69) is 133 Å². The number of pyridine rings is 2. The molecule has 2 heteroatoms. The lowest BCUT2D eigenvalue weighted by atomic mass is 9.62. The van der Waals surface area contributed by atoms with Gasteiger partial charge in [0.05, 0.1) is 22.8 Å². The molecule has 7 rings (SSSR count). The molecule has 2 heterocycles. The van der Waals surface area contributed by atoms with Gasteiger partial charge in [-0.05, 0) is 52.9 Å². The fourth-order valence-corrected chi connectivity index (χ4v) is 5.94. The summed E-state index contributed by atoms with van der Waals surface area (Å²) in [5, 5.41) is 0. The Bertz CT molecular complexity index is 1610. The molecule has 0 unspecified atom stereocenters. The second kappa shape index (κ2) is 9.24. The molecule has 1 aliphatic carbocycles. The summed E-state index contributed by atoms with van der Waals surface area (Å²) in [6.07, 6.45) is 0.894. The van der Waals surface area contributed by atoms with Crippen LogP contribution in [0.4, 0.5) is 0 Å². The Balaban J connectivity index is 1.57. The van der Waals surface area contributed by atoms with Gasteiger partial charge in [0.25, 0.3) is 0 Å². The van der Waals surface area contributed by atoms with E-state index in [1.54, 1.807) is 0 Å². The summed E-state index contributed by atoms with van der Waals surface area (Å²) in [6.45, 7) is 0. The standard InChI is InChI=1S/C36H26N2/c1-3-13-26(14-4-1)32-21-11-23-34(37-32)36(35-24-12-22-33(38-35)27-15-5-2-6-16-27)30-19-9-7-17-28(30)25-29-18-8-10-20-31(29)36/h1-24H,25H2. The van der Waals surface area contributed by atoms with Crippen molar-refractivity contribution in [1.82, 2.24) is 9.97 Å². The van der Waals surface area contributed by atoms with Crippen LogP contribution in [0.1, 0.15) is 33.6 Å². The first-order chi connectivity index (χ1) is 18.8. The maximum absolute atomic E-state index is 5.38. The fraction of sp³-hybridized carbons (Fsp3) is 0.0556. The van der Waals surface area contributed by atoms with Crippen LogP contribution < -0.4 is 0 Å². The summed E-state index contributed by atoms with van der Waals surface area (Å²) in [6, 6.07) is 51.2. The SMILES string of the molecule is c1ccc(-c2cccc(C3(c4cccc(-c5ccccc5)n4)c4ccccc4Cc4ccccc43)n2)cc1. The zero-order chi connectivity index (χ0) is 25.4. The van der Waals surface area contributed by atoms with Gasteiger partial charge in [0.15, 0.2) is 0 Å². The third-order valence-electron chi connectivity index (χ3n) is 7.63. The highest BCUT2D eigenvalue weighted by Crippen LogP contribution is 2.50. The Kier molecular flexibility index (Phi) is 5.44. The summed E-state index contributed by atoms with van der Waals surface area (Å²) < 4.78 is 0. The second-order valence-corrected chi connectivity index (χ2v) is 9.79. The monoisotopic (exact) mass is 486 g/mol. The molecule has 1 aliphatic rings. The molecule has 0 radical (unpaired) electrons. The Morgan fingerprint density at radius 2 is 0.816 bits per heavy atom. The van der Waals surface area contributed by atoms with Crippen LogP contribution in [0.5, 0.6) is 0 Å². The predicted molar refractivity (Wildman–Crippen MR) is 154 cm³/mol. The van der Waals surface area contributed by atoms with Crippen molar-refractivity contribution in [2.24, 2.45) is 0 Å². The van der Waals surface area contributed by atoms with Gasteiger partial charge in [0, 0.05) is 11.1 Å². The van der Waals surface area contributed by atoms with Crippen molar-refractivity contribution in [1.29, 1.82) is 0 Å². The van der Waals surface area contributed by atoms with Crippen molar-refractivity contribution < 1.29 is 0 Å². The highest BCUT2D eigenvalue weighted by molar-refractivity contribution is 5.68. The molecule has 180 valence electrons. The molecule has 6 aromatic rings. The maximum atomic E-state index is 5.38. The van der Waals surface area contributed by atoms with Gasteiger partial charge in [-0.15, -0.1) is 0 Å². The van der Waals surface area contributed by atoms with E-state index in [0.29, 0.717) is 0 Å². The minimum absolute atomic E-state index is 0.652. The summed E-state index contributed by atoms with van der Waals surface area (Å²) >= 11 is 0. The molecule has 2 nitrogen and oxygen atoms in total. The predicted octanol–water partition coefficient (Wildman–Crippen LogP) is 8.10. The number of benzene rings is 4. The van der Waals surface area contributed by atoms with Crippen molar-refractivity contribution in [3.05, 3.63) is 179 Å². The number of aromatic nitrogens is 2. The Morgan fingerprint density at radius 1 is 0.395 bits per heavy atom. The minimum Gasteiger partial charge on any atom is -0.251 e. The molecular weight excluding hydrogens is 460 g/mol. The first-order valence-corrected chi connectivity index (χ1v) is 13.1. The van der Waals surface area contributed by atoms with Gasteiger partial charge in [-0.25, -0.2) is 0 Å². The van der Waals surface area contributed by atoms with Gasteiger partial charge in [-0.1, -0.05) is 121 Å². The van der Waals surface area contributed by atoms with E-state index in [0.717, 1.165) is 40.3 Å². The topological polar surface area (TPSA) is 25.8 Å². The van der Waals surface area contributed by atoms with E-state index in [9.17, 15) is 0 Å². The average Bonchev–Trinajstić information content (AvgIpc) is 3.01. The lowest BCUT2D eigenvalue weighted by Gasteiger charge is -2.40. The Hall–Kier alpha value is -4.82. The number of nitrogens with zero attached hydrogens (tertiary/aromatic N) is 2. The average molecular weight is 487 g/mol. The van der Waals surface area contributed by atoms with Gasteiger partial charge in [-0.3, -0.25) is 9.97 Å². The van der Waals surface area contributed by atoms with Crippen molar-refractivity contribution in [2.45, 2.75) is 11.8 Å². The van der Waals surface area contributed by atoms with E-state index >= 15 is 0 Å². The van der Waals surface area contributed by atoms with Crippen molar-refractivity contribution in [3.63, 3.8) is 0 Å². The van der Waals surface area contributed by atoms with E-state index in [1.165, 1.54) is 22.3 Å².